The van der Waals surface area contributed by atoms with Crippen molar-refractivity contribution in [2.24, 2.45) is 0 Å². The number of anilines is 3. The number of hydrogen-bond acceptors (Lipinski definition) is 9. The summed E-state index contributed by atoms with van der Waals surface area (Å²) in [5.41, 5.74) is -0.694. The molecule has 0 bridgehead atoms. The Morgan fingerprint density at radius 1 is 1.10 bits per heavy atom. The van der Waals surface area contributed by atoms with Crippen molar-refractivity contribution in [3.05, 3.63) is 58.3 Å². The average molecular weight is 579 g/mol. The summed E-state index contributed by atoms with van der Waals surface area (Å²) < 4.78 is 74.7. The minimum Gasteiger partial charge on any atom is -0.494 e. The number of methoxy groups -OCH3 is 1. The molecule has 0 unspecified atom stereocenters. The molecule has 2 aromatic carbocycles. The Bertz CT molecular complexity index is 1620. The number of fused-ring (bicyclic) bond motifs is 1. The highest BCUT2D eigenvalue weighted by Gasteiger charge is 2.32. The average Bonchev–Trinajstić information content (AvgIpc) is 3.26. The summed E-state index contributed by atoms with van der Waals surface area (Å²) >= 11 is 0. The van der Waals surface area contributed by atoms with E-state index in [1.165, 1.54) is 31.5 Å². The molecule has 0 aliphatic carbocycles. The molecule has 41 heavy (non-hydrogen) atoms. The van der Waals surface area contributed by atoms with Crippen molar-refractivity contribution < 1.29 is 31.6 Å². The van der Waals surface area contributed by atoms with Gasteiger partial charge < -0.3 is 24.4 Å². The molecule has 216 valence electrons. The molecule has 1 aliphatic heterocycles. The van der Waals surface area contributed by atoms with E-state index in [4.69, 9.17) is 4.74 Å². The monoisotopic (exact) mass is 578 g/mol. The zero-order chi connectivity index (χ0) is 29.5. The number of aromatic nitrogens is 4. The van der Waals surface area contributed by atoms with E-state index in [1.807, 2.05) is 11.9 Å². The summed E-state index contributed by atoms with van der Waals surface area (Å²) in [6, 6.07) is 5.32. The topological polar surface area (TPSA) is 114 Å². The van der Waals surface area contributed by atoms with Crippen molar-refractivity contribution in [1.82, 2.24) is 24.4 Å². The van der Waals surface area contributed by atoms with Gasteiger partial charge in [0.05, 0.1) is 23.2 Å². The van der Waals surface area contributed by atoms with E-state index < -0.39 is 40.3 Å². The van der Waals surface area contributed by atoms with E-state index in [9.17, 15) is 32.1 Å². The molecule has 0 amide bonds. The molecular formula is C25H23F5N8O3. The smallest absolute Gasteiger partial charge is 0.406 e. The zero-order valence-corrected chi connectivity index (χ0v) is 21.7. The first kappa shape index (κ1) is 27.9. The van der Waals surface area contributed by atoms with E-state index >= 15 is 0 Å². The van der Waals surface area contributed by atoms with Crippen molar-refractivity contribution in [2.45, 2.75) is 12.7 Å². The molecule has 0 spiro atoms. The largest absolute Gasteiger partial charge is 0.494 e. The lowest BCUT2D eigenvalue weighted by Gasteiger charge is -2.34. The number of imidazole rings is 1. The van der Waals surface area contributed by atoms with Crippen LogP contribution in [0, 0.1) is 21.7 Å². The number of nitro benzene ring substituents is 1. The van der Waals surface area contributed by atoms with Gasteiger partial charge in [-0.25, -0.2) is 23.7 Å². The molecule has 5 rings (SSSR count). The minimum absolute atomic E-state index is 0.131. The summed E-state index contributed by atoms with van der Waals surface area (Å²) in [6.07, 6.45) is -3.52. The maximum absolute atomic E-state index is 14.4. The van der Waals surface area contributed by atoms with Gasteiger partial charge in [-0.1, -0.05) is 0 Å². The minimum atomic E-state index is -4.74. The highest BCUT2D eigenvalue weighted by Crippen LogP contribution is 2.40. The summed E-state index contributed by atoms with van der Waals surface area (Å²) in [6.45, 7) is 0.997. The van der Waals surface area contributed by atoms with Crippen molar-refractivity contribution >= 4 is 34.0 Å². The van der Waals surface area contributed by atoms with E-state index in [0.29, 0.717) is 29.4 Å². The maximum atomic E-state index is 14.4. The fraction of sp³-hybridized carbons (Fsp3) is 0.320. The number of ether oxygens (including phenoxy) is 1. The molecule has 0 radical (unpaired) electrons. The highest BCUT2D eigenvalue weighted by molar-refractivity contribution is 5.81. The second-order valence-corrected chi connectivity index (χ2v) is 9.37. The summed E-state index contributed by atoms with van der Waals surface area (Å²) in [7, 11) is 3.34. The van der Waals surface area contributed by atoms with Gasteiger partial charge in [-0.15, -0.1) is 0 Å². The SMILES string of the molecule is COc1cc(N2CCN(C)CC2)c([N+](=O)[O-])cc1Nc1nccc(-c2nc3c(F)cc(F)cc3n2CC(F)(F)F)n1. The lowest BCUT2D eigenvalue weighted by Crippen LogP contribution is -2.44. The van der Waals surface area contributed by atoms with Crippen molar-refractivity contribution in [3.8, 4) is 17.3 Å². The van der Waals surface area contributed by atoms with Crippen LogP contribution in [0.3, 0.4) is 0 Å². The van der Waals surface area contributed by atoms with Crippen LogP contribution in [0.2, 0.25) is 0 Å². The number of likely N-dealkylation sites (N-methyl/N-ethyl adjacent to an activating group) is 1. The van der Waals surface area contributed by atoms with E-state index in [-0.39, 0.29) is 34.6 Å². The molecule has 0 atom stereocenters. The summed E-state index contributed by atoms with van der Waals surface area (Å²) in [5, 5.41) is 14.8. The fourth-order valence-electron chi connectivity index (χ4n) is 4.62. The molecule has 0 saturated carbocycles. The summed E-state index contributed by atoms with van der Waals surface area (Å²) in [4.78, 5) is 27.7. The molecule has 1 N–H and O–H groups in total. The third-order valence-corrected chi connectivity index (χ3v) is 6.58. The Hall–Kier alpha value is -4.60. The predicted octanol–water partition coefficient (Wildman–Crippen LogP) is 4.75. The van der Waals surface area contributed by atoms with Crippen LogP contribution >= 0.6 is 0 Å². The van der Waals surface area contributed by atoms with Gasteiger partial charge in [0.25, 0.3) is 5.69 Å². The number of nitro groups is 1. The van der Waals surface area contributed by atoms with E-state index in [2.05, 4.69) is 25.2 Å². The molecule has 1 aliphatic rings. The molecule has 11 nitrogen and oxygen atoms in total. The van der Waals surface area contributed by atoms with Crippen molar-refractivity contribution in [3.63, 3.8) is 0 Å². The number of rotatable bonds is 7. The molecule has 2 aromatic heterocycles. The quantitative estimate of drug-likeness (QED) is 0.189. The fourth-order valence-corrected chi connectivity index (χ4v) is 4.62. The highest BCUT2D eigenvalue weighted by atomic mass is 19.4. The lowest BCUT2D eigenvalue weighted by atomic mass is 10.1. The van der Waals surface area contributed by atoms with Crippen LogP contribution in [-0.2, 0) is 6.54 Å². The number of benzene rings is 2. The van der Waals surface area contributed by atoms with Crippen LogP contribution in [0.25, 0.3) is 22.6 Å². The first-order valence-electron chi connectivity index (χ1n) is 12.3. The number of nitrogens with zero attached hydrogens (tertiary/aromatic N) is 7. The second-order valence-electron chi connectivity index (χ2n) is 9.37. The van der Waals surface area contributed by atoms with Crippen molar-refractivity contribution in [2.75, 3.05) is 50.6 Å². The number of piperazine rings is 1. The van der Waals surface area contributed by atoms with Gasteiger partial charge in [0.15, 0.2) is 11.6 Å². The Labute approximate surface area is 229 Å². The Kier molecular flexibility index (Phi) is 7.33. The van der Waals surface area contributed by atoms with Gasteiger partial charge in [-0.2, -0.15) is 13.2 Å². The Morgan fingerprint density at radius 3 is 2.49 bits per heavy atom. The number of hydrogen-bond donors (Lipinski definition) is 1. The summed E-state index contributed by atoms with van der Waals surface area (Å²) in [5.74, 6) is -2.49. The van der Waals surface area contributed by atoms with Gasteiger partial charge in [-0.05, 0) is 19.2 Å². The first-order chi connectivity index (χ1) is 19.4. The second kappa shape index (κ2) is 10.8. The third kappa shape index (κ3) is 5.82. The van der Waals surface area contributed by atoms with Gasteiger partial charge in [0.2, 0.25) is 5.95 Å². The molecule has 1 saturated heterocycles. The zero-order valence-electron chi connectivity index (χ0n) is 21.7. The number of nitrogens with one attached hydrogen (secondary N) is 1. The number of halogens is 5. The first-order valence-corrected chi connectivity index (χ1v) is 12.3. The van der Waals surface area contributed by atoms with Crippen LogP contribution in [0.15, 0.2) is 36.5 Å². The molecular weight excluding hydrogens is 555 g/mol. The molecule has 3 heterocycles. The van der Waals surface area contributed by atoms with Crippen LogP contribution in [-0.4, -0.2) is 75.9 Å². The van der Waals surface area contributed by atoms with Crippen molar-refractivity contribution in [1.29, 1.82) is 0 Å². The maximum Gasteiger partial charge on any atom is 0.406 e. The molecule has 16 heteroatoms. The van der Waals surface area contributed by atoms with Crippen LogP contribution in [0.1, 0.15) is 0 Å². The standard InChI is InChI=1S/C25H23F5N8O3/c1-35-5-7-36(8-6-35)18-12-21(41-2)17(11-19(18)38(39)40)33-24-31-4-3-16(32-24)23-34-22-15(27)9-14(26)10-20(22)37(23)13-25(28,29)30/h3-4,9-12H,5-8,13H2,1-2H3,(H,31,32,33). The van der Waals surface area contributed by atoms with E-state index in [1.54, 1.807) is 0 Å². The van der Waals surface area contributed by atoms with E-state index in [0.717, 1.165) is 19.2 Å². The molecule has 1 fully saturated rings. The third-order valence-electron chi connectivity index (χ3n) is 6.58. The van der Waals surface area contributed by atoms with Gasteiger partial charge in [0, 0.05) is 50.6 Å². The van der Waals surface area contributed by atoms with Gasteiger partial charge in [0.1, 0.15) is 35.0 Å². The normalized spacial score (nSPS) is 14.5. The molecule has 4 aromatic rings. The van der Waals surface area contributed by atoms with Crippen LogP contribution in [0.4, 0.5) is 45.0 Å². The van der Waals surface area contributed by atoms with Crippen LogP contribution < -0.4 is 15.0 Å². The Morgan fingerprint density at radius 2 is 1.83 bits per heavy atom. The Balaban J connectivity index is 1.55. The lowest BCUT2D eigenvalue weighted by molar-refractivity contribution is -0.384. The van der Waals surface area contributed by atoms with Gasteiger partial charge in [-0.3, -0.25) is 10.1 Å². The van der Waals surface area contributed by atoms with Crippen LogP contribution in [0.5, 0.6) is 5.75 Å². The van der Waals surface area contributed by atoms with Gasteiger partial charge >= 0.3 is 6.18 Å². The number of alkyl halides is 3. The predicted molar refractivity (Wildman–Crippen MR) is 139 cm³/mol.